The lowest BCUT2D eigenvalue weighted by molar-refractivity contribution is -0.883. The highest BCUT2D eigenvalue weighted by molar-refractivity contribution is 7.89. The fourth-order valence-electron chi connectivity index (χ4n) is 3.28. The van der Waals surface area contributed by atoms with E-state index in [0.29, 0.717) is 13.1 Å². The molecule has 0 amide bonds. The van der Waals surface area contributed by atoms with Gasteiger partial charge in [-0.25, -0.2) is 8.42 Å². The topological polar surface area (TPSA) is 175 Å². The first-order valence-corrected chi connectivity index (χ1v) is 15.2. The molecule has 34 heavy (non-hydrogen) atoms. The molecule has 1 aliphatic rings. The second-order valence-electron chi connectivity index (χ2n) is 7.81. The van der Waals surface area contributed by atoms with Crippen LogP contribution in [0.25, 0.3) is 0 Å². The average molecular weight is 546 g/mol. The molecule has 194 valence electrons. The van der Waals surface area contributed by atoms with Crippen LogP contribution in [-0.4, -0.2) is 107 Å². The predicted molar refractivity (Wildman–Crippen MR) is 122 cm³/mol. The molecule has 1 N–H and O–H groups in total. The number of hydrogen-bond donors (Lipinski definition) is 1. The zero-order valence-electron chi connectivity index (χ0n) is 19.0. The Kier molecular flexibility index (Phi) is 9.37. The number of nitro benzene ring substituents is 1. The van der Waals surface area contributed by atoms with Gasteiger partial charge in [0, 0.05) is 25.2 Å². The minimum absolute atomic E-state index is 0.0334. The summed E-state index contributed by atoms with van der Waals surface area (Å²) in [7, 11) is -9.84. The quantitative estimate of drug-likeness (QED) is 0.173. The number of sulfonamides is 1. The van der Waals surface area contributed by atoms with E-state index in [1.807, 2.05) is 7.05 Å². The summed E-state index contributed by atoms with van der Waals surface area (Å²) in [6.45, 7) is 0.476. The molecular weight excluding hydrogens is 516 g/mol. The molecule has 1 saturated heterocycles. The van der Waals surface area contributed by atoms with Gasteiger partial charge in [0.15, 0.2) is 0 Å². The predicted octanol–water partition coefficient (Wildman–Crippen LogP) is -2.13. The molecule has 1 aliphatic heterocycles. The van der Waals surface area contributed by atoms with Gasteiger partial charge < -0.3 is 9.80 Å². The number of nitrogens with one attached hydrogen (secondary N) is 1. The van der Waals surface area contributed by atoms with Crippen molar-refractivity contribution in [3.63, 3.8) is 0 Å². The molecular formula is C17H29N4O10S3+. The van der Waals surface area contributed by atoms with Gasteiger partial charge in [0.25, 0.3) is 25.9 Å². The lowest BCUT2D eigenvalue weighted by atomic mass is 10.2. The van der Waals surface area contributed by atoms with Crippen LogP contribution in [0.5, 0.6) is 0 Å². The first kappa shape index (κ1) is 28.3. The van der Waals surface area contributed by atoms with Gasteiger partial charge in [-0.05, 0) is 6.07 Å². The Balaban J connectivity index is 2.48. The van der Waals surface area contributed by atoms with Crippen LogP contribution in [0.15, 0.2) is 23.1 Å². The molecule has 0 aromatic heterocycles. The Labute approximate surface area is 199 Å². The van der Waals surface area contributed by atoms with E-state index in [1.165, 1.54) is 15.3 Å². The lowest BCUT2D eigenvalue weighted by Gasteiger charge is -2.31. The van der Waals surface area contributed by atoms with Crippen LogP contribution in [0.2, 0.25) is 0 Å². The molecule has 1 aromatic rings. The second kappa shape index (κ2) is 11.2. The number of nitrogens with zero attached hydrogens (tertiary/aromatic N) is 3. The van der Waals surface area contributed by atoms with Crippen molar-refractivity contribution in [2.24, 2.45) is 0 Å². The van der Waals surface area contributed by atoms with E-state index in [-0.39, 0.29) is 50.0 Å². The van der Waals surface area contributed by atoms with Crippen LogP contribution in [0.1, 0.15) is 0 Å². The summed E-state index contributed by atoms with van der Waals surface area (Å²) in [4.78, 5) is 12.8. The van der Waals surface area contributed by atoms with Crippen molar-refractivity contribution in [3.8, 4) is 0 Å². The maximum absolute atomic E-state index is 13.5. The Hall–Kier alpha value is -1.89. The Bertz CT molecular complexity index is 1160. The minimum Gasteiger partial charge on any atom is -0.366 e. The molecule has 14 nitrogen and oxygen atoms in total. The van der Waals surface area contributed by atoms with Crippen LogP contribution >= 0.6 is 0 Å². The Morgan fingerprint density at radius 1 is 1.00 bits per heavy atom. The molecule has 1 heterocycles. The fourth-order valence-corrected chi connectivity index (χ4v) is 5.71. The van der Waals surface area contributed by atoms with Crippen molar-refractivity contribution < 1.29 is 43.4 Å². The number of likely N-dealkylation sites (N-methyl/N-ethyl adjacent to an activating group) is 1. The largest absolute Gasteiger partial charge is 0.366 e. The number of rotatable bonds is 12. The monoisotopic (exact) mass is 545 g/mol. The summed E-state index contributed by atoms with van der Waals surface area (Å²) >= 11 is 0. The van der Waals surface area contributed by atoms with Gasteiger partial charge in [-0.15, -0.1) is 0 Å². The number of non-ortho nitro benzene ring substituents is 1. The first-order chi connectivity index (χ1) is 15.6. The number of anilines is 1. The lowest BCUT2D eigenvalue weighted by Crippen LogP contribution is -3.12. The zero-order chi connectivity index (χ0) is 25.7. The van der Waals surface area contributed by atoms with Crippen LogP contribution in [0.3, 0.4) is 0 Å². The van der Waals surface area contributed by atoms with E-state index >= 15 is 0 Å². The van der Waals surface area contributed by atoms with E-state index in [4.69, 9.17) is 8.37 Å². The minimum atomic E-state index is -4.17. The summed E-state index contributed by atoms with van der Waals surface area (Å²) < 4.78 is 83.1. The highest BCUT2D eigenvalue weighted by Gasteiger charge is 2.33. The molecule has 0 bridgehead atoms. The van der Waals surface area contributed by atoms with Gasteiger partial charge in [0.2, 0.25) is 10.0 Å². The maximum Gasteiger partial charge on any atom is 0.270 e. The first-order valence-electron chi connectivity index (χ1n) is 10.1. The highest BCUT2D eigenvalue weighted by Crippen LogP contribution is 2.32. The van der Waals surface area contributed by atoms with E-state index in [0.717, 1.165) is 29.5 Å². The van der Waals surface area contributed by atoms with Crippen molar-refractivity contribution in [2.75, 3.05) is 76.9 Å². The molecule has 1 aromatic carbocycles. The number of quaternary nitrogens is 1. The van der Waals surface area contributed by atoms with Crippen molar-refractivity contribution in [3.05, 3.63) is 28.3 Å². The zero-order valence-corrected chi connectivity index (χ0v) is 21.5. The number of hydrogen-bond acceptors (Lipinski definition) is 11. The summed E-state index contributed by atoms with van der Waals surface area (Å²) in [6.07, 6.45) is 1.70. The van der Waals surface area contributed by atoms with Crippen molar-refractivity contribution in [1.82, 2.24) is 4.31 Å². The van der Waals surface area contributed by atoms with Crippen LogP contribution in [0.4, 0.5) is 11.4 Å². The smallest absolute Gasteiger partial charge is 0.270 e. The van der Waals surface area contributed by atoms with Crippen LogP contribution in [-0.2, 0) is 38.6 Å². The fraction of sp³-hybridized carbons (Fsp3) is 0.647. The number of benzene rings is 1. The van der Waals surface area contributed by atoms with E-state index in [1.54, 1.807) is 0 Å². The third-order valence-electron chi connectivity index (χ3n) is 5.01. The van der Waals surface area contributed by atoms with E-state index < -0.39 is 40.9 Å². The molecule has 2 rings (SSSR count). The molecule has 0 spiro atoms. The summed E-state index contributed by atoms with van der Waals surface area (Å²) in [5.41, 5.74) is -0.409. The molecule has 0 unspecified atom stereocenters. The van der Waals surface area contributed by atoms with Gasteiger partial charge in [0.1, 0.15) is 4.90 Å². The van der Waals surface area contributed by atoms with Gasteiger partial charge in [-0.1, -0.05) is 0 Å². The SMILES string of the molecule is C[NH+]1CCN(S(=O)(=O)c2cc([N+](=O)[O-])ccc2N(CCOS(C)(=O)=O)CCOS(C)(=O)=O)CC1. The van der Waals surface area contributed by atoms with Crippen molar-refractivity contribution in [1.29, 1.82) is 0 Å². The maximum atomic E-state index is 13.5. The van der Waals surface area contributed by atoms with E-state index in [9.17, 15) is 35.4 Å². The standard InChI is InChI=1S/C17H28N4O10S3/c1-18-6-8-20(9-7-18)34(28,29)17-14-15(21(22)23)4-5-16(17)19(10-12-30-32(2,24)25)11-13-31-33(3,26)27/h4-5,14H,6-13H2,1-3H3/p+1. The van der Waals surface area contributed by atoms with Crippen LogP contribution in [0, 0.1) is 10.1 Å². The van der Waals surface area contributed by atoms with Crippen LogP contribution < -0.4 is 9.80 Å². The second-order valence-corrected chi connectivity index (χ2v) is 13.0. The Morgan fingerprint density at radius 2 is 1.50 bits per heavy atom. The van der Waals surface area contributed by atoms with Gasteiger partial charge in [0.05, 0.1) is 69.6 Å². The molecule has 0 saturated carbocycles. The molecule has 0 aliphatic carbocycles. The summed E-state index contributed by atoms with van der Waals surface area (Å²) in [5, 5.41) is 11.4. The Morgan fingerprint density at radius 3 is 1.94 bits per heavy atom. The third kappa shape index (κ3) is 8.40. The number of nitro groups is 1. The normalized spacial score (nSPS) is 16.4. The van der Waals surface area contributed by atoms with Crippen molar-refractivity contribution >= 4 is 41.6 Å². The van der Waals surface area contributed by atoms with Gasteiger partial charge in [-0.2, -0.15) is 21.1 Å². The van der Waals surface area contributed by atoms with E-state index in [2.05, 4.69) is 0 Å². The third-order valence-corrected chi connectivity index (χ3v) is 8.12. The summed E-state index contributed by atoms with van der Waals surface area (Å²) in [6, 6.07) is 3.29. The van der Waals surface area contributed by atoms with Gasteiger partial charge >= 0.3 is 0 Å². The summed E-state index contributed by atoms with van der Waals surface area (Å²) in [5.74, 6) is 0. The molecule has 1 fully saturated rings. The van der Waals surface area contributed by atoms with Gasteiger partial charge in [-0.3, -0.25) is 18.5 Å². The molecule has 0 radical (unpaired) electrons. The number of piperazine rings is 1. The highest BCUT2D eigenvalue weighted by atomic mass is 32.2. The average Bonchev–Trinajstić information content (AvgIpc) is 2.71. The molecule has 0 atom stereocenters. The molecule has 17 heteroatoms. The van der Waals surface area contributed by atoms with Crippen molar-refractivity contribution in [2.45, 2.75) is 4.90 Å².